The zero-order valence-corrected chi connectivity index (χ0v) is 9.87. The number of hydrogen-bond donors (Lipinski definition) is 2. The maximum atomic E-state index is 11.9. The SMILES string of the molecule is O=C(O)c1cnc2nc(N3CCOCC3)[nH]n2c1=O. The second-order valence-corrected chi connectivity index (χ2v) is 4.06. The van der Waals surface area contributed by atoms with Crippen molar-refractivity contribution in [2.24, 2.45) is 0 Å². The fourth-order valence-electron chi connectivity index (χ4n) is 1.91. The van der Waals surface area contributed by atoms with Crippen LogP contribution >= 0.6 is 0 Å². The summed E-state index contributed by atoms with van der Waals surface area (Å²) in [6, 6.07) is 0. The molecule has 1 aliphatic rings. The summed E-state index contributed by atoms with van der Waals surface area (Å²) < 4.78 is 6.26. The van der Waals surface area contributed by atoms with Crippen molar-refractivity contribution in [2.75, 3.05) is 31.2 Å². The zero-order valence-electron chi connectivity index (χ0n) is 9.87. The number of nitrogens with one attached hydrogen (secondary N) is 1. The Hall–Kier alpha value is -2.42. The number of aromatic carboxylic acids is 1. The molecule has 1 aliphatic heterocycles. The number of carbonyl (C=O) groups is 1. The van der Waals surface area contributed by atoms with Crippen LogP contribution in [0.2, 0.25) is 0 Å². The third-order valence-electron chi connectivity index (χ3n) is 2.90. The number of ether oxygens (including phenoxy) is 1. The normalized spacial score (nSPS) is 15.9. The zero-order chi connectivity index (χ0) is 13.4. The third-order valence-corrected chi connectivity index (χ3v) is 2.90. The quantitative estimate of drug-likeness (QED) is 0.712. The van der Waals surface area contributed by atoms with Crippen molar-refractivity contribution in [1.29, 1.82) is 0 Å². The molecule has 0 atom stereocenters. The summed E-state index contributed by atoms with van der Waals surface area (Å²) >= 11 is 0. The number of aromatic nitrogens is 4. The van der Waals surface area contributed by atoms with Gasteiger partial charge in [-0.2, -0.15) is 9.50 Å². The molecule has 19 heavy (non-hydrogen) atoms. The molecule has 1 fully saturated rings. The van der Waals surface area contributed by atoms with Gasteiger partial charge in [0.05, 0.1) is 19.4 Å². The molecule has 2 N–H and O–H groups in total. The van der Waals surface area contributed by atoms with Crippen LogP contribution in [0.4, 0.5) is 5.95 Å². The van der Waals surface area contributed by atoms with E-state index in [0.29, 0.717) is 32.3 Å². The number of H-pyrrole nitrogens is 1. The van der Waals surface area contributed by atoms with Gasteiger partial charge in [-0.15, -0.1) is 0 Å². The van der Waals surface area contributed by atoms with Crippen molar-refractivity contribution < 1.29 is 14.6 Å². The minimum atomic E-state index is -1.31. The lowest BCUT2D eigenvalue weighted by Crippen LogP contribution is -2.37. The first-order valence-electron chi connectivity index (χ1n) is 5.70. The summed E-state index contributed by atoms with van der Waals surface area (Å²) in [6.07, 6.45) is 1.02. The van der Waals surface area contributed by atoms with Crippen LogP contribution in [0.5, 0.6) is 0 Å². The van der Waals surface area contributed by atoms with Gasteiger partial charge in [-0.3, -0.25) is 9.89 Å². The smallest absolute Gasteiger partial charge is 0.343 e. The topological polar surface area (TPSA) is 113 Å². The van der Waals surface area contributed by atoms with Gasteiger partial charge >= 0.3 is 5.97 Å². The van der Waals surface area contributed by atoms with Gasteiger partial charge in [0.15, 0.2) is 0 Å². The van der Waals surface area contributed by atoms with Gasteiger partial charge in [-0.25, -0.2) is 9.78 Å². The lowest BCUT2D eigenvalue weighted by molar-refractivity contribution is 0.0694. The molecule has 2 aromatic rings. The summed E-state index contributed by atoms with van der Waals surface area (Å²) in [4.78, 5) is 32.7. The number of rotatable bonds is 2. The third kappa shape index (κ3) is 1.93. The molecule has 3 rings (SSSR count). The standard InChI is InChI=1S/C10H11N5O4/c16-7-6(8(17)18)5-11-9-12-10(13-15(7)9)14-1-3-19-4-2-14/h5H,1-4H2,(H,17,18)(H,11,12,13). The molecule has 0 unspecified atom stereocenters. The summed E-state index contributed by atoms with van der Waals surface area (Å²) in [7, 11) is 0. The maximum absolute atomic E-state index is 11.9. The van der Waals surface area contributed by atoms with Crippen LogP contribution in [-0.4, -0.2) is 57.0 Å². The Bertz CT molecular complexity index is 685. The highest BCUT2D eigenvalue weighted by molar-refractivity contribution is 5.86. The molecule has 2 aromatic heterocycles. The number of carboxylic acids is 1. The Labute approximate surface area is 106 Å². The molecule has 0 bridgehead atoms. The molecular weight excluding hydrogens is 254 g/mol. The second kappa shape index (κ2) is 4.35. The first kappa shape index (κ1) is 11.7. The number of aromatic amines is 1. The molecule has 100 valence electrons. The average molecular weight is 265 g/mol. The molecule has 9 nitrogen and oxygen atoms in total. The molecule has 0 aromatic carbocycles. The van der Waals surface area contributed by atoms with Crippen molar-refractivity contribution >= 4 is 17.7 Å². The molecule has 0 saturated carbocycles. The number of fused-ring (bicyclic) bond motifs is 1. The van der Waals surface area contributed by atoms with Gasteiger partial charge in [0.1, 0.15) is 5.56 Å². The van der Waals surface area contributed by atoms with Gasteiger partial charge in [0.25, 0.3) is 11.3 Å². The van der Waals surface area contributed by atoms with E-state index in [1.165, 1.54) is 0 Å². The highest BCUT2D eigenvalue weighted by atomic mass is 16.5. The summed E-state index contributed by atoms with van der Waals surface area (Å²) in [5, 5.41) is 11.6. The number of nitrogens with zero attached hydrogens (tertiary/aromatic N) is 4. The number of carboxylic acid groups (broad SMARTS) is 1. The van der Waals surface area contributed by atoms with Gasteiger partial charge in [-0.1, -0.05) is 0 Å². The van der Waals surface area contributed by atoms with E-state index >= 15 is 0 Å². The van der Waals surface area contributed by atoms with Gasteiger partial charge in [0.2, 0.25) is 5.95 Å². The highest BCUT2D eigenvalue weighted by Gasteiger charge is 2.18. The fraction of sp³-hybridized carbons (Fsp3) is 0.400. The molecule has 0 radical (unpaired) electrons. The van der Waals surface area contributed by atoms with Gasteiger partial charge in [0, 0.05) is 13.1 Å². The Morgan fingerprint density at radius 1 is 1.42 bits per heavy atom. The van der Waals surface area contributed by atoms with Crippen LogP contribution in [0.25, 0.3) is 5.78 Å². The van der Waals surface area contributed by atoms with Crippen LogP contribution in [0.1, 0.15) is 10.4 Å². The molecule has 0 spiro atoms. The summed E-state index contributed by atoms with van der Waals surface area (Å²) in [5.41, 5.74) is -1.07. The number of anilines is 1. The summed E-state index contributed by atoms with van der Waals surface area (Å²) in [6.45, 7) is 2.47. The van der Waals surface area contributed by atoms with Crippen LogP contribution < -0.4 is 10.5 Å². The monoisotopic (exact) mass is 265 g/mol. The van der Waals surface area contributed by atoms with E-state index in [4.69, 9.17) is 9.84 Å². The molecule has 3 heterocycles. The van der Waals surface area contributed by atoms with E-state index in [-0.39, 0.29) is 5.78 Å². The predicted octanol–water partition coefficient (Wildman–Crippen LogP) is -1.05. The minimum Gasteiger partial charge on any atom is -0.477 e. The van der Waals surface area contributed by atoms with Crippen LogP contribution in [0.3, 0.4) is 0 Å². The van der Waals surface area contributed by atoms with Crippen LogP contribution in [0.15, 0.2) is 11.0 Å². The first-order chi connectivity index (χ1) is 9.16. The lowest BCUT2D eigenvalue weighted by atomic mass is 10.3. The van der Waals surface area contributed by atoms with Crippen molar-refractivity contribution in [1.82, 2.24) is 19.6 Å². The number of hydrogen-bond acceptors (Lipinski definition) is 6. The van der Waals surface area contributed by atoms with Crippen LogP contribution in [0, 0.1) is 0 Å². The first-order valence-corrected chi connectivity index (χ1v) is 5.70. The Balaban J connectivity index is 2.08. The van der Waals surface area contributed by atoms with E-state index in [0.717, 1.165) is 10.7 Å². The van der Waals surface area contributed by atoms with Gasteiger partial charge < -0.3 is 14.7 Å². The highest BCUT2D eigenvalue weighted by Crippen LogP contribution is 2.10. The second-order valence-electron chi connectivity index (χ2n) is 4.06. The largest absolute Gasteiger partial charge is 0.477 e. The van der Waals surface area contributed by atoms with Crippen molar-refractivity contribution in [3.05, 3.63) is 22.1 Å². The van der Waals surface area contributed by atoms with Gasteiger partial charge in [-0.05, 0) is 0 Å². The van der Waals surface area contributed by atoms with E-state index < -0.39 is 17.1 Å². The van der Waals surface area contributed by atoms with Crippen LogP contribution in [-0.2, 0) is 4.74 Å². The van der Waals surface area contributed by atoms with E-state index in [1.807, 2.05) is 4.90 Å². The maximum Gasteiger partial charge on any atom is 0.343 e. The van der Waals surface area contributed by atoms with Crippen molar-refractivity contribution in [3.63, 3.8) is 0 Å². The fourth-order valence-corrected chi connectivity index (χ4v) is 1.91. The molecule has 1 saturated heterocycles. The predicted molar refractivity (Wildman–Crippen MR) is 63.6 cm³/mol. The van der Waals surface area contributed by atoms with E-state index in [9.17, 15) is 9.59 Å². The van der Waals surface area contributed by atoms with Crippen molar-refractivity contribution in [3.8, 4) is 0 Å². The Kier molecular flexibility index (Phi) is 2.67. The lowest BCUT2D eigenvalue weighted by Gasteiger charge is -2.25. The van der Waals surface area contributed by atoms with Crippen molar-refractivity contribution in [2.45, 2.75) is 0 Å². The average Bonchev–Trinajstić information content (AvgIpc) is 2.85. The van der Waals surface area contributed by atoms with E-state index in [2.05, 4.69) is 15.1 Å². The Morgan fingerprint density at radius 3 is 2.84 bits per heavy atom. The minimum absolute atomic E-state index is 0.150. The molecular formula is C10H11N5O4. The van der Waals surface area contributed by atoms with E-state index in [1.54, 1.807) is 0 Å². The summed E-state index contributed by atoms with van der Waals surface area (Å²) in [5.74, 6) is -0.679. The number of morpholine rings is 1. The molecule has 0 amide bonds. The molecule has 9 heteroatoms. The molecule has 0 aliphatic carbocycles. The Morgan fingerprint density at radius 2 is 2.16 bits per heavy atom.